The van der Waals surface area contributed by atoms with Crippen molar-refractivity contribution in [3.05, 3.63) is 59.7 Å². The van der Waals surface area contributed by atoms with Crippen molar-refractivity contribution in [2.75, 3.05) is 51.6 Å². The minimum atomic E-state index is -4.46. The van der Waals surface area contributed by atoms with Gasteiger partial charge in [0.05, 0.1) is 49.8 Å². The first-order chi connectivity index (χ1) is 19.9. The molecule has 0 unspecified atom stereocenters. The maximum Gasteiger partial charge on any atom is 0.416 e. The van der Waals surface area contributed by atoms with Crippen molar-refractivity contribution in [1.82, 2.24) is 0 Å². The number of hydrogen-bond donors (Lipinski definition) is 1. The Morgan fingerprint density at radius 3 is 1.88 bits per heavy atom. The summed E-state index contributed by atoms with van der Waals surface area (Å²) in [6.45, 7) is 5.10. The van der Waals surface area contributed by atoms with E-state index in [1.807, 2.05) is 0 Å². The number of alkyl halides is 3. The summed E-state index contributed by atoms with van der Waals surface area (Å²) in [5.74, 6) is -0.598. The summed E-state index contributed by atoms with van der Waals surface area (Å²) in [7, 11) is 0. The second kappa shape index (κ2) is 21.1. The molecule has 0 aliphatic heterocycles. The van der Waals surface area contributed by atoms with E-state index >= 15 is 0 Å². The first-order valence-electron chi connectivity index (χ1n) is 14.9. The van der Waals surface area contributed by atoms with Gasteiger partial charge in [-0.15, -0.1) is 0 Å². The third-order valence-corrected chi connectivity index (χ3v) is 6.46. The highest BCUT2D eigenvalue weighted by Crippen LogP contribution is 2.32. The van der Waals surface area contributed by atoms with E-state index in [4.69, 9.17) is 18.9 Å². The van der Waals surface area contributed by atoms with Gasteiger partial charge >= 0.3 is 12.1 Å². The lowest BCUT2D eigenvalue weighted by molar-refractivity contribution is -0.137. The van der Waals surface area contributed by atoms with Crippen LogP contribution in [0.2, 0.25) is 0 Å². The number of nitrogens with one attached hydrogen (secondary N) is 1. The van der Waals surface area contributed by atoms with E-state index in [1.54, 1.807) is 24.3 Å². The molecule has 0 aromatic heterocycles. The predicted octanol–water partition coefficient (Wildman–Crippen LogP) is 8.58. The number of rotatable bonds is 23. The Labute approximate surface area is 242 Å². The van der Waals surface area contributed by atoms with Gasteiger partial charge in [0, 0.05) is 12.3 Å². The summed E-state index contributed by atoms with van der Waals surface area (Å²) in [6.07, 6.45) is 8.57. The number of ether oxygens (including phenoxy) is 4. The summed E-state index contributed by atoms with van der Waals surface area (Å²) in [6, 6.07) is 11.3. The zero-order chi connectivity index (χ0) is 29.6. The third-order valence-electron chi connectivity index (χ3n) is 6.46. The Morgan fingerprint density at radius 2 is 1.24 bits per heavy atom. The van der Waals surface area contributed by atoms with Crippen molar-refractivity contribution in [2.45, 2.75) is 77.3 Å². The average molecular weight is 582 g/mol. The molecule has 0 amide bonds. The fourth-order valence-electron chi connectivity index (χ4n) is 4.20. The number of para-hydroxylation sites is 1. The van der Waals surface area contributed by atoms with E-state index < -0.39 is 17.7 Å². The number of unbranched alkanes of at least 4 members (excludes halogenated alkanes) is 9. The van der Waals surface area contributed by atoms with Gasteiger partial charge in [0.25, 0.3) is 0 Å². The molecular formula is C32H46F3NO5. The minimum Gasteiger partial charge on any atom is -0.460 e. The molecule has 0 saturated heterocycles. The van der Waals surface area contributed by atoms with Gasteiger partial charge < -0.3 is 24.3 Å². The zero-order valence-electron chi connectivity index (χ0n) is 24.3. The first kappa shape index (κ1) is 34.6. The topological polar surface area (TPSA) is 66.0 Å². The highest BCUT2D eigenvalue weighted by atomic mass is 19.4. The van der Waals surface area contributed by atoms with Crippen LogP contribution < -0.4 is 5.32 Å². The fourth-order valence-corrected chi connectivity index (χ4v) is 4.20. The standard InChI is InChI=1S/C32H46F3NO5/c1-2-3-4-5-6-7-8-9-10-13-19-38-20-21-39-22-23-40-24-25-41-31(37)29-17-11-12-18-30(29)36-28-16-14-15-27(26-28)32(33,34)35/h11-12,14-18,26,36H,2-10,13,19-25H2,1H3. The van der Waals surface area contributed by atoms with E-state index in [-0.39, 0.29) is 24.5 Å². The molecule has 0 atom stereocenters. The van der Waals surface area contributed by atoms with Gasteiger partial charge in [-0.25, -0.2) is 4.79 Å². The van der Waals surface area contributed by atoms with Crippen LogP contribution in [0.1, 0.15) is 87.1 Å². The van der Waals surface area contributed by atoms with Crippen LogP contribution >= 0.6 is 0 Å². The van der Waals surface area contributed by atoms with Crippen LogP contribution in [-0.4, -0.2) is 52.2 Å². The van der Waals surface area contributed by atoms with Gasteiger partial charge in [0.15, 0.2) is 0 Å². The van der Waals surface area contributed by atoms with Gasteiger partial charge in [-0.1, -0.05) is 82.9 Å². The van der Waals surface area contributed by atoms with Crippen molar-refractivity contribution in [3.8, 4) is 0 Å². The van der Waals surface area contributed by atoms with Crippen LogP contribution in [0.3, 0.4) is 0 Å². The molecule has 0 heterocycles. The highest BCUT2D eigenvalue weighted by Gasteiger charge is 2.30. The van der Waals surface area contributed by atoms with E-state index in [2.05, 4.69) is 12.2 Å². The second-order valence-corrected chi connectivity index (χ2v) is 9.90. The molecular weight excluding hydrogens is 535 g/mol. The molecule has 2 aromatic carbocycles. The summed E-state index contributed by atoms with van der Waals surface area (Å²) in [5.41, 5.74) is 0.000690. The smallest absolute Gasteiger partial charge is 0.416 e. The van der Waals surface area contributed by atoms with Crippen LogP contribution in [0, 0.1) is 0 Å². The van der Waals surface area contributed by atoms with Crippen molar-refractivity contribution >= 4 is 17.3 Å². The maximum absolute atomic E-state index is 13.0. The Morgan fingerprint density at radius 1 is 0.683 bits per heavy atom. The SMILES string of the molecule is CCCCCCCCCCCCOCCOCCOCCOC(=O)c1ccccc1Nc1cccc(C(F)(F)F)c1. The Kier molecular flexibility index (Phi) is 17.8. The molecule has 0 aliphatic carbocycles. The number of carbonyl (C=O) groups is 1. The lowest BCUT2D eigenvalue weighted by Gasteiger charge is -2.13. The molecule has 0 saturated carbocycles. The van der Waals surface area contributed by atoms with Gasteiger partial charge in [-0.2, -0.15) is 13.2 Å². The largest absolute Gasteiger partial charge is 0.460 e. The lowest BCUT2D eigenvalue weighted by atomic mass is 10.1. The quantitative estimate of drug-likeness (QED) is 0.105. The minimum absolute atomic E-state index is 0.0404. The monoisotopic (exact) mass is 581 g/mol. The van der Waals surface area contributed by atoms with E-state index in [0.29, 0.717) is 32.1 Å². The van der Waals surface area contributed by atoms with Crippen molar-refractivity contribution in [1.29, 1.82) is 0 Å². The van der Waals surface area contributed by atoms with Gasteiger partial charge in [0.2, 0.25) is 0 Å². The number of benzene rings is 2. The van der Waals surface area contributed by atoms with Crippen LogP contribution in [0.15, 0.2) is 48.5 Å². The number of anilines is 2. The number of hydrogen-bond acceptors (Lipinski definition) is 6. The second-order valence-electron chi connectivity index (χ2n) is 9.90. The summed E-state index contributed by atoms with van der Waals surface area (Å²) in [5, 5.41) is 2.87. The molecule has 2 aromatic rings. The predicted molar refractivity (Wildman–Crippen MR) is 156 cm³/mol. The van der Waals surface area contributed by atoms with Crippen molar-refractivity contribution in [2.24, 2.45) is 0 Å². The molecule has 0 bridgehead atoms. The van der Waals surface area contributed by atoms with Crippen LogP contribution in [-0.2, 0) is 25.1 Å². The zero-order valence-corrected chi connectivity index (χ0v) is 24.3. The van der Waals surface area contributed by atoms with E-state index in [9.17, 15) is 18.0 Å². The molecule has 6 nitrogen and oxygen atoms in total. The Bertz CT molecular complexity index is 970. The summed E-state index contributed by atoms with van der Waals surface area (Å²) in [4.78, 5) is 12.5. The van der Waals surface area contributed by atoms with Gasteiger partial charge in [-0.05, 0) is 36.8 Å². The van der Waals surface area contributed by atoms with E-state index in [1.165, 1.54) is 69.9 Å². The van der Waals surface area contributed by atoms with Crippen LogP contribution in [0.25, 0.3) is 0 Å². The van der Waals surface area contributed by atoms with Crippen LogP contribution in [0.5, 0.6) is 0 Å². The lowest BCUT2D eigenvalue weighted by Crippen LogP contribution is -2.15. The summed E-state index contributed by atoms with van der Waals surface area (Å²) >= 11 is 0. The highest BCUT2D eigenvalue weighted by molar-refractivity contribution is 5.96. The molecule has 0 aliphatic rings. The van der Waals surface area contributed by atoms with Crippen LogP contribution in [0.4, 0.5) is 24.5 Å². The molecule has 9 heteroatoms. The van der Waals surface area contributed by atoms with Gasteiger partial charge in [0.1, 0.15) is 6.61 Å². The Hall–Kier alpha value is -2.62. The average Bonchev–Trinajstić information content (AvgIpc) is 2.96. The molecule has 0 fully saturated rings. The molecule has 41 heavy (non-hydrogen) atoms. The first-order valence-corrected chi connectivity index (χ1v) is 14.9. The number of carbonyl (C=O) groups excluding carboxylic acids is 1. The molecule has 2 rings (SSSR count). The number of esters is 1. The summed E-state index contributed by atoms with van der Waals surface area (Å²) < 4.78 is 60.8. The third kappa shape index (κ3) is 15.8. The molecule has 0 radical (unpaired) electrons. The van der Waals surface area contributed by atoms with Crippen molar-refractivity contribution < 1.29 is 36.9 Å². The molecule has 0 spiro atoms. The molecule has 230 valence electrons. The molecule has 1 N–H and O–H groups in total. The van der Waals surface area contributed by atoms with Crippen molar-refractivity contribution in [3.63, 3.8) is 0 Å². The fraction of sp³-hybridized carbons (Fsp3) is 0.594. The normalized spacial score (nSPS) is 11.5. The van der Waals surface area contributed by atoms with Gasteiger partial charge in [-0.3, -0.25) is 0 Å². The van der Waals surface area contributed by atoms with E-state index in [0.717, 1.165) is 25.2 Å². The maximum atomic E-state index is 13.0. The Balaban J connectivity index is 1.47. The number of halogens is 3.